The molecule has 0 saturated carbocycles. The molecule has 2 amide bonds. The van der Waals surface area contributed by atoms with Crippen LogP contribution < -0.4 is 9.64 Å². The number of anilines is 1. The highest BCUT2D eigenvalue weighted by Gasteiger charge is 2.57. The Morgan fingerprint density at radius 2 is 1.79 bits per heavy atom. The largest absolute Gasteiger partial charge is 0.573 e. The van der Waals surface area contributed by atoms with Crippen molar-refractivity contribution in [2.75, 3.05) is 4.90 Å². The maximum absolute atomic E-state index is 13.9. The molecule has 6 rings (SSSR count). The number of nitro groups is 1. The number of halogens is 3. The normalized spacial score (nSPS) is 25.2. The number of carbonyl (C=O) groups is 4. The summed E-state index contributed by atoms with van der Waals surface area (Å²) in [4.78, 5) is 65.7. The smallest absolute Gasteiger partial charge is 0.508 e. The number of alkyl halides is 3. The summed E-state index contributed by atoms with van der Waals surface area (Å²) in [5.74, 6) is -7.39. The molecule has 1 N–H and O–H groups in total. The van der Waals surface area contributed by atoms with Crippen molar-refractivity contribution in [3.63, 3.8) is 0 Å². The van der Waals surface area contributed by atoms with Gasteiger partial charge in [0, 0.05) is 40.3 Å². The quantitative estimate of drug-likeness (QED) is 0.174. The van der Waals surface area contributed by atoms with Gasteiger partial charge in [0.1, 0.15) is 11.5 Å². The number of non-ortho nitro benzene ring substituents is 1. The highest BCUT2D eigenvalue weighted by molar-refractivity contribution is 6.25. The van der Waals surface area contributed by atoms with E-state index in [1.807, 2.05) is 0 Å². The lowest BCUT2D eigenvalue weighted by Gasteiger charge is -2.42. The molecule has 2 aromatic rings. The number of ether oxygens (including phenoxy) is 1. The second-order valence-corrected chi connectivity index (χ2v) is 10.8. The van der Waals surface area contributed by atoms with Crippen LogP contribution in [0.4, 0.5) is 24.5 Å². The van der Waals surface area contributed by atoms with Gasteiger partial charge < -0.3 is 9.84 Å². The first-order chi connectivity index (χ1) is 20.3. The zero-order chi connectivity index (χ0) is 31.0. The molecular formula is C30H21F3N2O8. The second-order valence-electron chi connectivity index (χ2n) is 10.8. The fraction of sp³-hybridized carbons (Fsp3) is 0.267. The number of Topliss-reactive ketones (excluding diaryl/α,β-unsaturated/α-hetero) is 1. The van der Waals surface area contributed by atoms with E-state index in [0.717, 1.165) is 35.2 Å². The number of rotatable bonds is 4. The predicted octanol–water partition coefficient (Wildman–Crippen LogP) is 4.83. The van der Waals surface area contributed by atoms with Crippen molar-refractivity contribution in [2.24, 2.45) is 17.8 Å². The van der Waals surface area contributed by atoms with Crippen LogP contribution in [0, 0.1) is 27.9 Å². The molecule has 1 aliphatic heterocycles. The number of phenolic OH excluding ortho intramolecular Hbond substituents is 1. The molecule has 220 valence electrons. The first-order valence-corrected chi connectivity index (χ1v) is 13.2. The van der Waals surface area contributed by atoms with Gasteiger partial charge in [0.2, 0.25) is 11.8 Å². The molecule has 1 heterocycles. The number of fused-ring (bicyclic) bond motifs is 3. The minimum absolute atomic E-state index is 0.00441. The zero-order valence-electron chi connectivity index (χ0n) is 22.3. The van der Waals surface area contributed by atoms with Crippen LogP contribution in [0.1, 0.15) is 31.2 Å². The molecular weight excluding hydrogens is 573 g/mol. The van der Waals surface area contributed by atoms with Crippen molar-refractivity contribution < 1.29 is 47.1 Å². The van der Waals surface area contributed by atoms with Gasteiger partial charge in [-0.25, -0.2) is 4.90 Å². The summed E-state index contributed by atoms with van der Waals surface area (Å²) in [5, 5.41) is 22.2. The third kappa shape index (κ3) is 4.51. The van der Waals surface area contributed by atoms with E-state index < -0.39 is 69.8 Å². The van der Waals surface area contributed by atoms with E-state index in [-0.39, 0.29) is 46.5 Å². The van der Waals surface area contributed by atoms with Crippen LogP contribution in [0.2, 0.25) is 0 Å². The molecule has 1 saturated heterocycles. The number of allylic oxidation sites excluding steroid dienone is 6. The molecule has 4 aliphatic rings. The van der Waals surface area contributed by atoms with Gasteiger partial charge in [0.25, 0.3) is 5.69 Å². The molecule has 0 spiro atoms. The van der Waals surface area contributed by atoms with Gasteiger partial charge in [-0.2, -0.15) is 0 Å². The van der Waals surface area contributed by atoms with Gasteiger partial charge in [-0.05, 0) is 56.0 Å². The van der Waals surface area contributed by atoms with Crippen molar-refractivity contribution >= 4 is 34.8 Å². The number of amides is 2. The minimum Gasteiger partial charge on any atom is -0.508 e. The topological polar surface area (TPSA) is 144 Å². The maximum atomic E-state index is 13.9. The zero-order valence-corrected chi connectivity index (χ0v) is 22.3. The number of benzene rings is 2. The van der Waals surface area contributed by atoms with E-state index in [4.69, 9.17) is 0 Å². The van der Waals surface area contributed by atoms with Gasteiger partial charge >= 0.3 is 6.36 Å². The SMILES string of the molecule is CC1=CC(=O)C2=C(CC3C(=CCC4C(=O)N(c5cccc([N+](=O)[O-])c5)C(=O)C43)C2c2cc(OC(F)(F)F)ccc2O)C1=O. The monoisotopic (exact) mass is 594 g/mol. The fourth-order valence-corrected chi connectivity index (χ4v) is 6.70. The fourth-order valence-electron chi connectivity index (χ4n) is 6.70. The van der Waals surface area contributed by atoms with Crippen LogP contribution in [-0.2, 0) is 19.2 Å². The summed E-state index contributed by atoms with van der Waals surface area (Å²) in [5.41, 5.74) is 0.0965. The van der Waals surface area contributed by atoms with Gasteiger partial charge in [0.15, 0.2) is 11.6 Å². The molecule has 0 radical (unpaired) electrons. The molecule has 0 bridgehead atoms. The number of nitrogens with zero attached hydrogens (tertiary/aromatic N) is 2. The van der Waals surface area contributed by atoms with Crippen LogP contribution >= 0.6 is 0 Å². The Balaban J connectivity index is 1.48. The summed E-state index contributed by atoms with van der Waals surface area (Å²) >= 11 is 0. The van der Waals surface area contributed by atoms with Gasteiger partial charge in [-0.15, -0.1) is 13.2 Å². The van der Waals surface area contributed by atoms with E-state index in [1.165, 1.54) is 25.1 Å². The molecule has 0 aromatic heterocycles. The molecule has 4 unspecified atom stereocenters. The third-order valence-electron chi connectivity index (χ3n) is 8.40. The van der Waals surface area contributed by atoms with Crippen LogP contribution in [0.3, 0.4) is 0 Å². The Bertz CT molecular complexity index is 1760. The summed E-state index contributed by atoms with van der Waals surface area (Å²) in [6.07, 6.45) is -2.38. The number of hydrogen-bond donors (Lipinski definition) is 1. The Kier molecular flexibility index (Phi) is 6.36. The van der Waals surface area contributed by atoms with Crippen LogP contribution in [-0.4, -0.2) is 39.8 Å². The van der Waals surface area contributed by atoms with E-state index in [2.05, 4.69) is 4.74 Å². The van der Waals surface area contributed by atoms with Crippen molar-refractivity contribution in [1.29, 1.82) is 0 Å². The highest BCUT2D eigenvalue weighted by atomic mass is 19.4. The first kappa shape index (κ1) is 28.1. The summed E-state index contributed by atoms with van der Waals surface area (Å²) < 4.78 is 43.2. The maximum Gasteiger partial charge on any atom is 0.573 e. The lowest BCUT2D eigenvalue weighted by molar-refractivity contribution is -0.384. The average molecular weight is 594 g/mol. The number of imide groups is 1. The van der Waals surface area contributed by atoms with Gasteiger partial charge in [-0.3, -0.25) is 29.3 Å². The predicted molar refractivity (Wildman–Crippen MR) is 142 cm³/mol. The number of aromatic hydroxyl groups is 1. The van der Waals surface area contributed by atoms with Crippen molar-refractivity contribution in [2.45, 2.75) is 32.0 Å². The van der Waals surface area contributed by atoms with Gasteiger partial charge in [0.05, 0.1) is 22.4 Å². The second kappa shape index (κ2) is 9.75. The molecule has 2 aromatic carbocycles. The number of hydrogen-bond acceptors (Lipinski definition) is 8. The standard InChI is InChI=1S/C30H21F3N2O8/c1-13-9-23(37)26-21(27(13)38)12-19-17(24(26)20-11-16(5-8-22(20)36)43-30(31,32)33)6-7-18-25(19)29(40)34(28(18)39)14-3-2-4-15(10-14)35(41)42/h2-6,8-11,18-19,24-25,36H,7,12H2,1H3. The Morgan fingerprint density at radius 3 is 2.49 bits per heavy atom. The van der Waals surface area contributed by atoms with Crippen molar-refractivity contribution in [3.05, 3.63) is 92.6 Å². The average Bonchev–Trinajstić information content (AvgIpc) is 3.20. The van der Waals surface area contributed by atoms with E-state index >= 15 is 0 Å². The van der Waals surface area contributed by atoms with Crippen molar-refractivity contribution in [3.8, 4) is 11.5 Å². The van der Waals surface area contributed by atoms with Crippen LogP contribution in [0.5, 0.6) is 11.5 Å². The lowest BCUT2D eigenvalue weighted by atomic mass is 9.59. The molecule has 43 heavy (non-hydrogen) atoms. The third-order valence-corrected chi connectivity index (χ3v) is 8.40. The Labute approximate surface area is 240 Å². The van der Waals surface area contributed by atoms with E-state index in [9.17, 15) is 47.6 Å². The van der Waals surface area contributed by atoms with Gasteiger partial charge in [-0.1, -0.05) is 17.7 Å². The number of phenols is 1. The molecule has 10 nitrogen and oxygen atoms in total. The van der Waals surface area contributed by atoms with Crippen LogP contribution in [0.15, 0.2) is 76.9 Å². The minimum atomic E-state index is -5.05. The highest BCUT2D eigenvalue weighted by Crippen LogP contribution is 2.56. The molecule has 13 heteroatoms. The summed E-state index contributed by atoms with van der Waals surface area (Å²) in [6.45, 7) is 1.44. The Hall–Kier alpha value is -5.07. The summed E-state index contributed by atoms with van der Waals surface area (Å²) in [7, 11) is 0. The first-order valence-electron chi connectivity index (χ1n) is 13.2. The molecule has 4 atom stereocenters. The van der Waals surface area contributed by atoms with E-state index in [1.54, 1.807) is 6.08 Å². The van der Waals surface area contributed by atoms with Crippen molar-refractivity contribution in [1.82, 2.24) is 0 Å². The number of ketones is 2. The van der Waals surface area contributed by atoms with E-state index in [0.29, 0.717) is 5.57 Å². The number of nitro benzene ring substituents is 1. The number of carbonyl (C=O) groups excluding carboxylic acids is 4. The lowest BCUT2D eigenvalue weighted by Crippen LogP contribution is -2.39. The Morgan fingerprint density at radius 1 is 1.05 bits per heavy atom. The van der Waals surface area contributed by atoms with Crippen LogP contribution in [0.25, 0.3) is 0 Å². The summed E-state index contributed by atoms with van der Waals surface area (Å²) in [6, 6.07) is 7.87. The molecule has 1 fully saturated rings. The molecule has 3 aliphatic carbocycles.